The summed E-state index contributed by atoms with van der Waals surface area (Å²) in [6, 6.07) is 15.6. The third kappa shape index (κ3) is 6.01. The minimum absolute atomic E-state index is 0.327. The van der Waals surface area contributed by atoms with Gasteiger partial charge in [-0.25, -0.2) is 0 Å². The van der Waals surface area contributed by atoms with E-state index < -0.39 is 0 Å². The van der Waals surface area contributed by atoms with Crippen molar-refractivity contribution in [1.82, 2.24) is 0 Å². The molecule has 1 N–H and O–H groups in total. The topological polar surface area (TPSA) is 42.9 Å². The molecule has 1 unspecified atom stereocenters. The lowest BCUT2D eigenvalue weighted by Gasteiger charge is -2.22. The average Bonchev–Trinajstić information content (AvgIpc) is 2.95. The second-order valence-corrected chi connectivity index (χ2v) is 11.1. The van der Waals surface area contributed by atoms with Crippen molar-refractivity contribution < 1.29 is 9.47 Å². The van der Waals surface area contributed by atoms with Gasteiger partial charge in [0.1, 0.15) is 17.2 Å². The maximum Gasteiger partial charge on any atom is 0.147 e. The Kier molecular flexibility index (Phi) is 9.19. The van der Waals surface area contributed by atoms with Crippen LogP contribution in [0.5, 0.6) is 0 Å². The number of hydrogen-bond acceptors (Lipinski definition) is 4. The highest BCUT2D eigenvalue weighted by Crippen LogP contribution is 2.38. The number of methoxy groups -OCH3 is 2. The number of fused-ring (bicyclic) bond motifs is 1. The van der Waals surface area contributed by atoms with Crippen molar-refractivity contribution in [2.24, 2.45) is 5.10 Å². The molecule has 0 aliphatic heterocycles. The Bertz CT molecular complexity index is 1500. The smallest absolute Gasteiger partial charge is 0.147 e. The van der Waals surface area contributed by atoms with Crippen molar-refractivity contribution in [3.63, 3.8) is 0 Å². The van der Waals surface area contributed by atoms with Crippen LogP contribution in [0.4, 0.5) is 5.69 Å². The molecule has 3 aromatic carbocycles. The highest BCUT2D eigenvalue weighted by Gasteiger charge is 2.20. The molecule has 1 aliphatic carbocycles. The number of rotatable bonds is 9. The van der Waals surface area contributed by atoms with Gasteiger partial charge in [0.2, 0.25) is 0 Å². The largest absolute Gasteiger partial charge is 0.496 e. The quantitative estimate of drug-likeness (QED) is 0.277. The molecule has 1 atom stereocenters. The van der Waals surface area contributed by atoms with Crippen LogP contribution >= 0.6 is 0 Å². The van der Waals surface area contributed by atoms with E-state index in [0.717, 1.165) is 35.4 Å². The van der Waals surface area contributed by atoms with Crippen LogP contribution in [0, 0.1) is 13.8 Å². The summed E-state index contributed by atoms with van der Waals surface area (Å²) < 4.78 is 11.6. The number of hydrazone groups is 1. The first kappa shape index (κ1) is 29.2. The highest BCUT2D eigenvalue weighted by atomic mass is 16.5. The summed E-state index contributed by atoms with van der Waals surface area (Å²) in [6.07, 6.45) is 8.18. The minimum atomic E-state index is 0.327. The lowest BCUT2D eigenvalue weighted by molar-refractivity contribution is 0.294. The zero-order valence-electron chi connectivity index (χ0n) is 25.6. The normalized spacial score (nSPS) is 16.4. The molecule has 0 saturated carbocycles. The maximum absolute atomic E-state index is 5.80. The van der Waals surface area contributed by atoms with Gasteiger partial charge in [-0.3, -0.25) is 5.43 Å². The zero-order chi connectivity index (χ0) is 29.0. The number of nitrogens with zero attached hydrogens (tertiary/aromatic N) is 1. The molecule has 4 nitrogen and oxygen atoms in total. The summed E-state index contributed by atoms with van der Waals surface area (Å²) >= 11 is 0. The minimum Gasteiger partial charge on any atom is -0.496 e. The summed E-state index contributed by atoms with van der Waals surface area (Å²) in [5.41, 5.74) is 13.7. The number of benzene rings is 3. The van der Waals surface area contributed by atoms with E-state index in [2.05, 4.69) is 102 Å². The van der Waals surface area contributed by atoms with Crippen LogP contribution < -0.4 is 5.43 Å². The molecule has 4 rings (SSSR count). The molecule has 0 aromatic heterocycles. The summed E-state index contributed by atoms with van der Waals surface area (Å²) in [7, 11) is 3.38. The lowest BCUT2D eigenvalue weighted by Crippen LogP contribution is -2.13. The number of ether oxygens (including phenoxy) is 2. The predicted octanol–water partition coefficient (Wildman–Crippen LogP) is 9.58. The van der Waals surface area contributed by atoms with Gasteiger partial charge in [0.05, 0.1) is 19.9 Å². The molecule has 0 bridgehead atoms. The molecular formula is C36H44N2O2. The molecule has 210 valence electrons. The van der Waals surface area contributed by atoms with Crippen LogP contribution in [0.2, 0.25) is 0 Å². The fourth-order valence-corrected chi connectivity index (χ4v) is 5.54. The van der Waals surface area contributed by atoms with E-state index in [-0.39, 0.29) is 0 Å². The molecule has 40 heavy (non-hydrogen) atoms. The fourth-order valence-electron chi connectivity index (χ4n) is 5.54. The van der Waals surface area contributed by atoms with E-state index in [9.17, 15) is 0 Å². The second kappa shape index (κ2) is 12.6. The van der Waals surface area contributed by atoms with Gasteiger partial charge in [-0.05, 0) is 95.3 Å². The van der Waals surface area contributed by atoms with Crippen molar-refractivity contribution in [3.05, 3.63) is 105 Å². The third-order valence-electron chi connectivity index (χ3n) is 7.92. The van der Waals surface area contributed by atoms with Crippen LogP contribution in [0.15, 0.2) is 76.8 Å². The molecule has 0 saturated heterocycles. The van der Waals surface area contributed by atoms with E-state index in [1.54, 1.807) is 14.2 Å². The van der Waals surface area contributed by atoms with Gasteiger partial charge < -0.3 is 9.47 Å². The van der Waals surface area contributed by atoms with E-state index in [0.29, 0.717) is 23.3 Å². The molecule has 3 aromatic rings. The number of allylic oxidation sites excluding steroid dienone is 2. The molecule has 0 heterocycles. The Morgan fingerprint density at radius 2 is 1.60 bits per heavy atom. The Morgan fingerprint density at radius 3 is 2.20 bits per heavy atom. The number of aryl methyl sites for hydroxylation is 3. The zero-order valence-corrected chi connectivity index (χ0v) is 25.6. The SMILES string of the molecule is CCc1cc(C)cc2cc(C)c(NN=C3C=C(OC)C(=Cc4ccc(C(C)CC)cc4)C=C3OC)c(C(C)C)c12. The molecule has 4 heteroatoms. The Hall–Kier alpha value is -3.79. The van der Waals surface area contributed by atoms with Crippen LogP contribution in [0.1, 0.15) is 86.3 Å². The predicted molar refractivity (Wildman–Crippen MR) is 171 cm³/mol. The van der Waals surface area contributed by atoms with Gasteiger partial charge in [0, 0.05) is 11.6 Å². The van der Waals surface area contributed by atoms with Crippen LogP contribution in [0.25, 0.3) is 16.8 Å². The van der Waals surface area contributed by atoms with Gasteiger partial charge in [0.25, 0.3) is 0 Å². The summed E-state index contributed by atoms with van der Waals surface area (Å²) in [6.45, 7) is 15.5. The van der Waals surface area contributed by atoms with Gasteiger partial charge in [-0.2, -0.15) is 5.10 Å². The molecule has 0 amide bonds. The van der Waals surface area contributed by atoms with Crippen molar-refractivity contribution in [1.29, 1.82) is 0 Å². The average molecular weight is 537 g/mol. The van der Waals surface area contributed by atoms with Crippen molar-refractivity contribution in [3.8, 4) is 0 Å². The second-order valence-electron chi connectivity index (χ2n) is 11.1. The van der Waals surface area contributed by atoms with Gasteiger partial charge >= 0.3 is 0 Å². The monoisotopic (exact) mass is 536 g/mol. The number of hydrogen-bond donors (Lipinski definition) is 1. The molecule has 0 spiro atoms. The van der Waals surface area contributed by atoms with Crippen molar-refractivity contribution >= 4 is 28.2 Å². The van der Waals surface area contributed by atoms with Crippen molar-refractivity contribution in [2.45, 2.75) is 73.1 Å². The van der Waals surface area contributed by atoms with E-state index in [4.69, 9.17) is 14.6 Å². The third-order valence-corrected chi connectivity index (χ3v) is 7.92. The highest BCUT2D eigenvalue weighted by molar-refractivity contribution is 6.10. The summed E-state index contributed by atoms with van der Waals surface area (Å²) in [5.74, 6) is 2.31. The molecule has 1 aliphatic rings. The van der Waals surface area contributed by atoms with Gasteiger partial charge in [-0.15, -0.1) is 0 Å². The van der Waals surface area contributed by atoms with Gasteiger partial charge in [-0.1, -0.05) is 76.6 Å². The Morgan fingerprint density at radius 1 is 0.900 bits per heavy atom. The molecular weight excluding hydrogens is 492 g/mol. The molecule has 0 radical (unpaired) electrons. The van der Waals surface area contributed by atoms with E-state index in [1.807, 2.05) is 12.2 Å². The maximum atomic E-state index is 5.80. The van der Waals surface area contributed by atoms with Crippen LogP contribution in [-0.4, -0.2) is 19.9 Å². The van der Waals surface area contributed by atoms with Crippen molar-refractivity contribution in [2.75, 3.05) is 19.6 Å². The van der Waals surface area contributed by atoms with Crippen LogP contribution in [-0.2, 0) is 15.9 Å². The van der Waals surface area contributed by atoms with E-state index in [1.165, 1.54) is 38.6 Å². The number of nitrogens with one attached hydrogen (secondary N) is 1. The fraction of sp³-hybridized carbons (Fsp3) is 0.361. The first-order chi connectivity index (χ1) is 19.2. The summed E-state index contributed by atoms with van der Waals surface area (Å²) in [5, 5.41) is 7.48. The first-order valence-corrected chi connectivity index (χ1v) is 14.4. The standard InChI is InChI=1S/C36H44N2O2/c1-10-24(6)28-14-12-26(13-15-28)19-29-20-33(40-9)31(21-32(29)39-8)37-38-36-25(7)18-30-17-23(5)16-27(11-2)35(30)34(36)22(3)4/h12-22,24,38H,10-11H2,1-9H3. The lowest BCUT2D eigenvalue weighted by atomic mass is 9.87. The molecule has 0 fully saturated rings. The number of anilines is 1. The Labute approximate surface area is 240 Å². The Balaban J connectivity index is 1.73. The summed E-state index contributed by atoms with van der Waals surface area (Å²) in [4.78, 5) is 0. The van der Waals surface area contributed by atoms with E-state index >= 15 is 0 Å². The van der Waals surface area contributed by atoms with Gasteiger partial charge in [0.15, 0.2) is 0 Å². The van der Waals surface area contributed by atoms with Crippen LogP contribution in [0.3, 0.4) is 0 Å². The first-order valence-electron chi connectivity index (χ1n) is 14.4.